The number of hydrogen-bond acceptors (Lipinski definition) is 6. The number of amides is 1. The van der Waals surface area contributed by atoms with Crippen molar-refractivity contribution in [3.63, 3.8) is 0 Å². The van der Waals surface area contributed by atoms with Gasteiger partial charge in [0.25, 0.3) is 0 Å². The zero-order chi connectivity index (χ0) is 28.6. The Bertz CT molecular complexity index is 1150. The van der Waals surface area contributed by atoms with Gasteiger partial charge in [-0.05, 0) is 62.4 Å². The van der Waals surface area contributed by atoms with E-state index in [1.807, 2.05) is 58.0 Å². The SMILES string of the molecule is CCOCCN(C(=O)C1CCCC1)[C@@](C)(c1ccccc1)[C@H](O)CN(CC(C)C)S(=O)(=O)c1ccc(N)cc1. The average molecular weight is 560 g/mol. The molecule has 0 heterocycles. The number of aliphatic hydroxyl groups is 1. The van der Waals surface area contributed by atoms with E-state index in [4.69, 9.17) is 10.5 Å². The molecule has 3 rings (SSSR count). The second-order valence-corrected chi connectivity index (χ2v) is 12.9. The number of nitrogens with two attached hydrogens (primary N) is 1. The number of nitrogens with zero attached hydrogens (tertiary/aromatic N) is 2. The van der Waals surface area contributed by atoms with Crippen molar-refractivity contribution in [2.75, 3.05) is 38.6 Å². The number of aliphatic hydroxyl groups excluding tert-OH is 1. The monoisotopic (exact) mass is 559 g/mol. The molecule has 0 bridgehead atoms. The van der Waals surface area contributed by atoms with Crippen LogP contribution in [0.25, 0.3) is 0 Å². The van der Waals surface area contributed by atoms with Crippen molar-refractivity contribution in [2.45, 2.75) is 69.9 Å². The molecule has 1 fully saturated rings. The van der Waals surface area contributed by atoms with Gasteiger partial charge in [0.15, 0.2) is 0 Å². The smallest absolute Gasteiger partial charge is 0.243 e. The number of sulfonamides is 1. The summed E-state index contributed by atoms with van der Waals surface area (Å²) in [5.74, 6) is -0.125. The Labute approximate surface area is 234 Å². The van der Waals surface area contributed by atoms with E-state index in [0.29, 0.717) is 25.4 Å². The quantitative estimate of drug-likeness (QED) is 0.264. The molecule has 216 valence electrons. The summed E-state index contributed by atoms with van der Waals surface area (Å²) in [6.07, 6.45) is 2.42. The van der Waals surface area contributed by atoms with Gasteiger partial charge in [0, 0.05) is 37.8 Å². The highest BCUT2D eigenvalue weighted by Crippen LogP contribution is 2.37. The van der Waals surface area contributed by atoms with Crippen molar-refractivity contribution in [2.24, 2.45) is 11.8 Å². The summed E-state index contributed by atoms with van der Waals surface area (Å²) in [6.45, 7) is 8.78. The number of anilines is 1. The number of hydrogen-bond donors (Lipinski definition) is 2. The summed E-state index contributed by atoms with van der Waals surface area (Å²) >= 11 is 0. The zero-order valence-corrected chi connectivity index (χ0v) is 24.6. The maximum Gasteiger partial charge on any atom is 0.243 e. The molecule has 0 unspecified atom stereocenters. The van der Waals surface area contributed by atoms with Gasteiger partial charge < -0.3 is 20.5 Å². The molecule has 0 radical (unpaired) electrons. The van der Waals surface area contributed by atoms with Crippen LogP contribution in [-0.4, -0.2) is 67.6 Å². The maximum atomic E-state index is 14.0. The fourth-order valence-corrected chi connectivity index (χ4v) is 7.02. The molecule has 2 aromatic carbocycles. The van der Waals surface area contributed by atoms with Gasteiger partial charge in [0.2, 0.25) is 15.9 Å². The van der Waals surface area contributed by atoms with Crippen molar-refractivity contribution in [1.82, 2.24) is 9.21 Å². The van der Waals surface area contributed by atoms with E-state index in [1.54, 1.807) is 17.0 Å². The average Bonchev–Trinajstić information content (AvgIpc) is 3.46. The Morgan fingerprint density at radius 2 is 1.69 bits per heavy atom. The van der Waals surface area contributed by atoms with E-state index in [0.717, 1.165) is 31.2 Å². The molecule has 0 spiro atoms. The number of benzene rings is 2. The number of carbonyl (C=O) groups excluding carboxylic acids is 1. The van der Waals surface area contributed by atoms with Gasteiger partial charge in [-0.1, -0.05) is 57.0 Å². The number of rotatable bonds is 14. The molecule has 1 aliphatic rings. The normalized spacial score (nSPS) is 16.9. The highest BCUT2D eigenvalue weighted by Gasteiger charge is 2.46. The Kier molecular flexibility index (Phi) is 11.0. The van der Waals surface area contributed by atoms with Crippen molar-refractivity contribution >= 4 is 21.6 Å². The first-order valence-corrected chi connectivity index (χ1v) is 15.4. The van der Waals surface area contributed by atoms with E-state index >= 15 is 0 Å². The van der Waals surface area contributed by atoms with E-state index in [-0.39, 0.29) is 35.7 Å². The highest BCUT2D eigenvalue weighted by atomic mass is 32.2. The fourth-order valence-electron chi connectivity index (χ4n) is 5.41. The lowest BCUT2D eigenvalue weighted by atomic mass is 9.83. The van der Waals surface area contributed by atoms with Crippen LogP contribution in [0.15, 0.2) is 59.5 Å². The third-order valence-corrected chi connectivity index (χ3v) is 9.51. The Hall–Kier alpha value is -2.46. The third-order valence-electron chi connectivity index (χ3n) is 7.66. The van der Waals surface area contributed by atoms with Crippen LogP contribution in [0, 0.1) is 11.8 Å². The first-order chi connectivity index (χ1) is 18.5. The maximum absolute atomic E-state index is 14.0. The first-order valence-electron chi connectivity index (χ1n) is 14.0. The van der Waals surface area contributed by atoms with Gasteiger partial charge >= 0.3 is 0 Å². The first kappa shape index (κ1) is 31.1. The van der Waals surface area contributed by atoms with Crippen LogP contribution in [0.2, 0.25) is 0 Å². The topological polar surface area (TPSA) is 113 Å². The summed E-state index contributed by atoms with van der Waals surface area (Å²) in [6, 6.07) is 15.5. The van der Waals surface area contributed by atoms with Crippen LogP contribution in [0.1, 0.15) is 58.9 Å². The summed E-state index contributed by atoms with van der Waals surface area (Å²) < 4.78 is 34.5. The summed E-state index contributed by atoms with van der Waals surface area (Å²) in [4.78, 5) is 15.8. The van der Waals surface area contributed by atoms with Gasteiger partial charge in [-0.25, -0.2) is 8.42 Å². The van der Waals surface area contributed by atoms with E-state index in [9.17, 15) is 18.3 Å². The van der Waals surface area contributed by atoms with Crippen molar-refractivity contribution in [3.8, 4) is 0 Å². The van der Waals surface area contributed by atoms with Gasteiger partial charge in [0.1, 0.15) is 0 Å². The number of nitrogen functional groups attached to an aromatic ring is 1. The molecule has 0 saturated heterocycles. The van der Waals surface area contributed by atoms with Crippen LogP contribution in [0.5, 0.6) is 0 Å². The standard InChI is InChI=1S/C30H45N3O5S/c1-5-38-20-19-33(29(35)24-11-9-10-12-24)30(4,25-13-7-6-8-14-25)28(34)22-32(21-23(2)3)39(36,37)27-17-15-26(31)16-18-27/h6-8,13-18,23-24,28,34H,5,9-12,19-22,31H2,1-4H3/t28-,30+/m1/s1. The molecule has 3 N–H and O–H groups in total. The van der Waals surface area contributed by atoms with Crippen molar-refractivity contribution in [3.05, 3.63) is 60.2 Å². The molecule has 2 atom stereocenters. The predicted octanol–water partition coefficient (Wildman–Crippen LogP) is 4.25. The molecule has 0 aromatic heterocycles. The lowest BCUT2D eigenvalue weighted by Crippen LogP contribution is -2.59. The zero-order valence-electron chi connectivity index (χ0n) is 23.8. The molecule has 9 heteroatoms. The van der Waals surface area contributed by atoms with Crippen LogP contribution in [0.3, 0.4) is 0 Å². The molecular formula is C30H45N3O5S. The minimum absolute atomic E-state index is 0.0120. The second kappa shape index (κ2) is 13.7. The molecule has 1 saturated carbocycles. The predicted molar refractivity (Wildman–Crippen MR) is 154 cm³/mol. The van der Waals surface area contributed by atoms with Gasteiger partial charge in [-0.15, -0.1) is 0 Å². The largest absolute Gasteiger partial charge is 0.399 e. The Morgan fingerprint density at radius 3 is 2.26 bits per heavy atom. The van der Waals surface area contributed by atoms with E-state index < -0.39 is 21.7 Å². The summed E-state index contributed by atoms with van der Waals surface area (Å²) in [5, 5.41) is 12.0. The molecular weight excluding hydrogens is 514 g/mol. The second-order valence-electron chi connectivity index (χ2n) is 11.0. The number of ether oxygens (including phenoxy) is 1. The highest BCUT2D eigenvalue weighted by molar-refractivity contribution is 7.89. The van der Waals surface area contributed by atoms with Crippen molar-refractivity contribution < 1.29 is 23.1 Å². The third kappa shape index (κ3) is 7.39. The van der Waals surface area contributed by atoms with Crippen molar-refractivity contribution in [1.29, 1.82) is 0 Å². The number of carbonyl (C=O) groups is 1. The van der Waals surface area contributed by atoms with Gasteiger partial charge in [-0.2, -0.15) is 4.31 Å². The van der Waals surface area contributed by atoms with Gasteiger partial charge in [-0.3, -0.25) is 4.79 Å². The molecule has 0 aliphatic heterocycles. The molecule has 1 amide bonds. The van der Waals surface area contributed by atoms with Gasteiger partial charge in [0.05, 0.1) is 23.1 Å². The Balaban J connectivity index is 2.06. The Morgan fingerprint density at radius 1 is 1.08 bits per heavy atom. The van der Waals surface area contributed by atoms with Crippen LogP contribution < -0.4 is 5.73 Å². The van der Waals surface area contributed by atoms with Crippen LogP contribution >= 0.6 is 0 Å². The lowest BCUT2D eigenvalue weighted by Gasteiger charge is -2.47. The van der Waals surface area contributed by atoms with E-state index in [2.05, 4.69) is 0 Å². The van der Waals surface area contributed by atoms with E-state index in [1.165, 1.54) is 16.4 Å². The minimum Gasteiger partial charge on any atom is -0.399 e. The molecule has 8 nitrogen and oxygen atoms in total. The molecule has 2 aromatic rings. The molecule has 39 heavy (non-hydrogen) atoms. The van der Waals surface area contributed by atoms with Crippen LogP contribution in [-0.2, 0) is 25.1 Å². The molecule has 1 aliphatic carbocycles. The van der Waals surface area contributed by atoms with Crippen LogP contribution in [0.4, 0.5) is 5.69 Å². The lowest BCUT2D eigenvalue weighted by molar-refractivity contribution is -0.149. The summed E-state index contributed by atoms with van der Waals surface area (Å²) in [7, 11) is -3.94. The fraction of sp³-hybridized carbons (Fsp3) is 0.567. The minimum atomic E-state index is -3.94. The summed E-state index contributed by atoms with van der Waals surface area (Å²) in [5.41, 5.74) is 5.82.